The van der Waals surface area contributed by atoms with Gasteiger partial charge in [-0.25, -0.2) is 9.37 Å². The summed E-state index contributed by atoms with van der Waals surface area (Å²) < 4.78 is 21.2. The van der Waals surface area contributed by atoms with Crippen molar-refractivity contribution >= 4 is 33.9 Å². The summed E-state index contributed by atoms with van der Waals surface area (Å²) in [6.07, 6.45) is 5.15. The van der Waals surface area contributed by atoms with Gasteiger partial charge < -0.3 is 24.8 Å². The second kappa shape index (κ2) is 9.04. The highest BCUT2D eigenvalue weighted by Gasteiger charge is 2.14. The Kier molecular flexibility index (Phi) is 5.99. The van der Waals surface area contributed by atoms with Gasteiger partial charge in [0.25, 0.3) is 0 Å². The molecule has 0 unspecified atom stereocenters. The van der Waals surface area contributed by atoms with Gasteiger partial charge in [-0.3, -0.25) is 0 Å². The van der Waals surface area contributed by atoms with Crippen molar-refractivity contribution in [3.63, 3.8) is 0 Å². The van der Waals surface area contributed by atoms with Crippen LogP contribution in [0.5, 0.6) is 5.75 Å². The monoisotopic (exact) mass is 444 g/mol. The zero-order chi connectivity index (χ0) is 23.5. The van der Waals surface area contributed by atoms with Crippen molar-refractivity contribution < 1.29 is 9.13 Å². The Morgan fingerprint density at radius 3 is 2.70 bits per heavy atom. The molecule has 4 rings (SSSR count). The maximum absolute atomic E-state index is 13.8. The number of allylic oxidation sites excluding steroid dienone is 1. The van der Waals surface area contributed by atoms with Gasteiger partial charge in [-0.05, 0) is 42.5 Å². The Bertz CT molecular complexity index is 1340. The number of ether oxygens (including phenoxy) is 1. The van der Waals surface area contributed by atoms with Gasteiger partial charge in [0.1, 0.15) is 17.4 Å². The van der Waals surface area contributed by atoms with E-state index in [1.807, 2.05) is 48.0 Å². The van der Waals surface area contributed by atoms with Gasteiger partial charge >= 0.3 is 0 Å². The van der Waals surface area contributed by atoms with Gasteiger partial charge in [-0.2, -0.15) is 4.98 Å². The van der Waals surface area contributed by atoms with E-state index in [1.54, 1.807) is 31.5 Å². The number of fused-ring (bicyclic) bond motifs is 1. The van der Waals surface area contributed by atoms with Crippen LogP contribution in [0.2, 0.25) is 0 Å². The van der Waals surface area contributed by atoms with Crippen molar-refractivity contribution in [1.82, 2.24) is 14.5 Å². The van der Waals surface area contributed by atoms with Crippen LogP contribution in [0.4, 0.5) is 27.4 Å². The zero-order valence-corrected chi connectivity index (χ0v) is 18.8. The molecule has 168 valence electrons. The third-order valence-electron chi connectivity index (χ3n) is 5.13. The van der Waals surface area contributed by atoms with E-state index < -0.39 is 0 Å². The minimum absolute atomic E-state index is 0.304. The number of aromatic nitrogens is 3. The zero-order valence-electron chi connectivity index (χ0n) is 18.8. The topological polar surface area (TPSA) is 67.2 Å². The van der Waals surface area contributed by atoms with Gasteiger partial charge in [0, 0.05) is 43.6 Å². The number of hydrogen-bond acceptors (Lipinski definition) is 6. The Morgan fingerprint density at radius 1 is 1.15 bits per heavy atom. The van der Waals surface area contributed by atoms with Crippen LogP contribution < -0.4 is 20.3 Å². The molecule has 2 aromatic carbocycles. The van der Waals surface area contributed by atoms with Gasteiger partial charge in [-0.15, -0.1) is 0 Å². The first kappa shape index (κ1) is 21.9. The molecule has 0 aliphatic heterocycles. The standard InChI is InChI=1S/C25H25FN6O/c1-6-16(2)28-19-14-20(23(33-5)15-22(19)31(3)4)29-25-27-11-9-24(30-25)32-12-10-17-7-8-18(26)13-21(17)32/h6-15,28H,1-2H2,3-5H3,(H,27,29,30). The molecule has 2 aromatic heterocycles. The van der Waals surface area contributed by atoms with E-state index in [9.17, 15) is 4.39 Å². The van der Waals surface area contributed by atoms with Crippen molar-refractivity contribution in [1.29, 1.82) is 0 Å². The number of nitrogens with zero attached hydrogens (tertiary/aromatic N) is 4. The van der Waals surface area contributed by atoms with Crippen LogP contribution in [0.3, 0.4) is 0 Å². The average molecular weight is 445 g/mol. The summed E-state index contributed by atoms with van der Waals surface area (Å²) in [5, 5.41) is 7.40. The third kappa shape index (κ3) is 4.50. The first-order valence-corrected chi connectivity index (χ1v) is 10.2. The van der Waals surface area contributed by atoms with Crippen LogP contribution in [0, 0.1) is 5.82 Å². The largest absolute Gasteiger partial charge is 0.494 e. The first-order chi connectivity index (χ1) is 15.9. The molecular weight excluding hydrogens is 419 g/mol. The van der Waals surface area contributed by atoms with Crippen LogP contribution >= 0.6 is 0 Å². The number of benzene rings is 2. The maximum atomic E-state index is 13.8. The second-order valence-electron chi connectivity index (χ2n) is 7.57. The lowest BCUT2D eigenvalue weighted by molar-refractivity contribution is 0.417. The summed E-state index contributed by atoms with van der Waals surface area (Å²) in [6.45, 7) is 7.70. The fraction of sp³-hybridized carbons (Fsp3) is 0.120. The number of halogens is 1. The van der Waals surface area contributed by atoms with E-state index in [2.05, 4.69) is 33.8 Å². The number of hydrogen-bond donors (Lipinski definition) is 2. The second-order valence-corrected chi connectivity index (χ2v) is 7.57. The summed E-state index contributed by atoms with van der Waals surface area (Å²) in [6, 6.07) is 12.2. The normalized spacial score (nSPS) is 10.7. The highest BCUT2D eigenvalue weighted by Crippen LogP contribution is 2.38. The lowest BCUT2D eigenvalue weighted by Crippen LogP contribution is -2.13. The molecular formula is C25H25FN6O. The SMILES string of the molecule is C=CC(=C)Nc1cc(Nc2nccc(-n3ccc4ccc(F)cc43)n2)c(OC)cc1N(C)C. The molecule has 0 aliphatic carbocycles. The fourth-order valence-electron chi connectivity index (χ4n) is 3.50. The van der Waals surface area contributed by atoms with Crippen LogP contribution in [0.25, 0.3) is 16.7 Å². The van der Waals surface area contributed by atoms with E-state index in [0.29, 0.717) is 28.9 Å². The van der Waals surface area contributed by atoms with E-state index in [0.717, 1.165) is 22.3 Å². The molecule has 0 saturated heterocycles. The van der Waals surface area contributed by atoms with Crippen molar-refractivity contribution in [2.24, 2.45) is 0 Å². The summed E-state index contributed by atoms with van der Waals surface area (Å²) in [4.78, 5) is 11.0. The summed E-state index contributed by atoms with van der Waals surface area (Å²) in [5.41, 5.74) is 3.79. The van der Waals surface area contributed by atoms with Crippen LogP contribution in [0.15, 0.2) is 79.8 Å². The van der Waals surface area contributed by atoms with E-state index in [1.165, 1.54) is 12.1 Å². The van der Waals surface area contributed by atoms with Crippen molar-refractivity contribution in [3.8, 4) is 11.6 Å². The molecule has 0 fully saturated rings. The molecule has 4 aromatic rings. The predicted molar refractivity (Wildman–Crippen MR) is 132 cm³/mol. The molecule has 2 heterocycles. The van der Waals surface area contributed by atoms with Crippen LogP contribution in [0.1, 0.15) is 0 Å². The summed E-state index contributed by atoms with van der Waals surface area (Å²) in [7, 11) is 5.49. The molecule has 0 bridgehead atoms. The Balaban J connectivity index is 1.73. The quantitative estimate of drug-likeness (QED) is 0.350. The van der Waals surface area contributed by atoms with Gasteiger partial charge in [-0.1, -0.05) is 13.2 Å². The summed E-state index contributed by atoms with van der Waals surface area (Å²) >= 11 is 0. The van der Waals surface area contributed by atoms with E-state index >= 15 is 0 Å². The van der Waals surface area contributed by atoms with Crippen molar-refractivity contribution in [2.75, 3.05) is 36.7 Å². The molecule has 0 atom stereocenters. The molecule has 7 nitrogen and oxygen atoms in total. The highest BCUT2D eigenvalue weighted by atomic mass is 19.1. The number of rotatable bonds is 8. The van der Waals surface area contributed by atoms with Crippen LogP contribution in [-0.4, -0.2) is 35.7 Å². The molecule has 0 aliphatic rings. The Hall–Kier alpha value is -4.33. The summed E-state index contributed by atoms with van der Waals surface area (Å²) in [5.74, 6) is 1.29. The molecule has 8 heteroatoms. The first-order valence-electron chi connectivity index (χ1n) is 10.2. The van der Waals surface area contributed by atoms with Gasteiger partial charge in [0.15, 0.2) is 0 Å². The molecule has 0 amide bonds. The minimum Gasteiger partial charge on any atom is -0.494 e. The van der Waals surface area contributed by atoms with Crippen molar-refractivity contribution in [2.45, 2.75) is 0 Å². The molecule has 0 spiro atoms. The van der Waals surface area contributed by atoms with Gasteiger partial charge in [0.2, 0.25) is 5.95 Å². The molecule has 33 heavy (non-hydrogen) atoms. The third-order valence-corrected chi connectivity index (χ3v) is 5.13. The smallest absolute Gasteiger partial charge is 0.229 e. The van der Waals surface area contributed by atoms with Gasteiger partial charge in [0.05, 0.1) is 29.7 Å². The Morgan fingerprint density at radius 2 is 1.97 bits per heavy atom. The maximum Gasteiger partial charge on any atom is 0.229 e. The average Bonchev–Trinajstić information content (AvgIpc) is 3.22. The molecule has 2 N–H and O–H groups in total. The molecule has 0 radical (unpaired) electrons. The fourth-order valence-corrected chi connectivity index (χ4v) is 3.50. The van der Waals surface area contributed by atoms with Crippen molar-refractivity contribution in [3.05, 3.63) is 85.6 Å². The highest BCUT2D eigenvalue weighted by molar-refractivity contribution is 5.83. The predicted octanol–water partition coefficient (Wildman–Crippen LogP) is 5.49. The number of methoxy groups -OCH3 is 1. The minimum atomic E-state index is -0.304. The number of nitrogens with one attached hydrogen (secondary N) is 2. The lowest BCUT2D eigenvalue weighted by atomic mass is 10.2. The molecule has 0 saturated carbocycles. The van der Waals surface area contributed by atoms with E-state index in [-0.39, 0.29) is 5.82 Å². The Labute approximate surface area is 191 Å². The lowest BCUT2D eigenvalue weighted by Gasteiger charge is -2.22. The number of anilines is 4. The van der Waals surface area contributed by atoms with E-state index in [4.69, 9.17) is 4.74 Å². The van der Waals surface area contributed by atoms with Crippen LogP contribution in [-0.2, 0) is 0 Å².